The first-order chi connectivity index (χ1) is 12.3. The summed E-state index contributed by atoms with van der Waals surface area (Å²) < 4.78 is 16.6. The molecule has 1 heterocycles. The largest absolute Gasteiger partial charge is 0.494 e. The normalized spacial score (nSPS) is 12.5. The Bertz CT molecular complexity index is 735. The SMILES string of the molecule is CCOc1ccccc1CSCC(=O)Nc1ccc2c(c1)OCCO2. The van der Waals surface area contributed by atoms with Crippen LogP contribution in [0.2, 0.25) is 0 Å². The van der Waals surface area contributed by atoms with Crippen LogP contribution in [-0.4, -0.2) is 31.5 Å². The molecule has 132 valence electrons. The molecule has 0 aliphatic carbocycles. The van der Waals surface area contributed by atoms with Gasteiger partial charge >= 0.3 is 0 Å². The highest BCUT2D eigenvalue weighted by molar-refractivity contribution is 7.99. The molecule has 0 aromatic heterocycles. The third-order valence-corrected chi connectivity index (χ3v) is 4.57. The summed E-state index contributed by atoms with van der Waals surface area (Å²) in [6, 6.07) is 13.3. The first-order valence-electron chi connectivity index (χ1n) is 8.24. The van der Waals surface area contributed by atoms with Gasteiger partial charge in [-0.25, -0.2) is 0 Å². The minimum atomic E-state index is -0.0458. The maximum Gasteiger partial charge on any atom is 0.234 e. The highest BCUT2D eigenvalue weighted by Gasteiger charge is 2.13. The predicted molar refractivity (Wildman–Crippen MR) is 99.8 cm³/mol. The van der Waals surface area contributed by atoms with Crippen molar-refractivity contribution in [2.45, 2.75) is 12.7 Å². The van der Waals surface area contributed by atoms with Crippen LogP contribution in [0.25, 0.3) is 0 Å². The molecule has 1 amide bonds. The topological polar surface area (TPSA) is 56.8 Å². The Balaban J connectivity index is 1.50. The first-order valence-corrected chi connectivity index (χ1v) is 9.39. The van der Waals surface area contributed by atoms with Gasteiger partial charge in [-0.15, -0.1) is 11.8 Å². The van der Waals surface area contributed by atoms with Gasteiger partial charge in [0.2, 0.25) is 5.91 Å². The van der Waals surface area contributed by atoms with Gasteiger partial charge in [0.25, 0.3) is 0 Å². The number of fused-ring (bicyclic) bond motifs is 1. The van der Waals surface area contributed by atoms with Gasteiger partial charge in [0.1, 0.15) is 19.0 Å². The second-order valence-corrected chi connectivity index (χ2v) is 6.43. The van der Waals surface area contributed by atoms with E-state index in [1.807, 2.05) is 43.3 Å². The molecule has 2 aromatic rings. The molecule has 3 rings (SSSR count). The lowest BCUT2D eigenvalue weighted by atomic mass is 10.2. The van der Waals surface area contributed by atoms with Crippen molar-refractivity contribution in [3.8, 4) is 17.2 Å². The van der Waals surface area contributed by atoms with Gasteiger partial charge in [0, 0.05) is 23.1 Å². The van der Waals surface area contributed by atoms with Crippen LogP contribution in [0.15, 0.2) is 42.5 Å². The number of thioether (sulfide) groups is 1. The average Bonchev–Trinajstić information content (AvgIpc) is 2.63. The fraction of sp³-hybridized carbons (Fsp3) is 0.316. The molecule has 0 bridgehead atoms. The van der Waals surface area contributed by atoms with E-state index in [1.54, 1.807) is 17.8 Å². The number of para-hydroxylation sites is 1. The van der Waals surface area contributed by atoms with Gasteiger partial charge in [0.15, 0.2) is 11.5 Å². The van der Waals surface area contributed by atoms with Crippen LogP contribution in [0.5, 0.6) is 17.2 Å². The summed E-state index contributed by atoms with van der Waals surface area (Å²) in [5.41, 5.74) is 1.81. The molecule has 1 N–H and O–H groups in total. The smallest absolute Gasteiger partial charge is 0.234 e. The van der Waals surface area contributed by atoms with Crippen molar-refractivity contribution in [3.63, 3.8) is 0 Å². The van der Waals surface area contributed by atoms with Crippen LogP contribution in [0, 0.1) is 0 Å². The van der Waals surface area contributed by atoms with E-state index < -0.39 is 0 Å². The zero-order chi connectivity index (χ0) is 17.5. The zero-order valence-electron chi connectivity index (χ0n) is 14.1. The van der Waals surface area contributed by atoms with Crippen molar-refractivity contribution in [2.24, 2.45) is 0 Å². The molecular formula is C19H21NO4S. The second-order valence-electron chi connectivity index (χ2n) is 5.44. The second kappa shape index (κ2) is 8.67. The van der Waals surface area contributed by atoms with Crippen LogP contribution < -0.4 is 19.5 Å². The first kappa shape index (κ1) is 17.5. The molecule has 25 heavy (non-hydrogen) atoms. The van der Waals surface area contributed by atoms with Crippen LogP contribution in [-0.2, 0) is 10.5 Å². The Labute approximate surface area is 151 Å². The quantitative estimate of drug-likeness (QED) is 0.816. The van der Waals surface area contributed by atoms with Crippen molar-refractivity contribution in [1.82, 2.24) is 0 Å². The minimum Gasteiger partial charge on any atom is -0.494 e. The van der Waals surface area contributed by atoms with E-state index in [9.17, 15) is 4.79 Å². The Hall–Kier alpha value is -2.34. The third-order valence-electron chi connectivity index (χ3n) is 3.59. The molecule has 0 spiro atoms. The van der Waals surface area contributed by atoms with Gasteiger partial charge in [-0.3, -0.25) is 4.79 Å². The lowest BCUT2D eigenvalue weighted by Gasteiger charge is -2.19. The number of rotatable bonds is 7. The Morgan fingerprint density at radius 2 is 1.96 bits per heavy atom. The molecule has 0 radical (unpaired) electrons. The summed E-state index contributed by atoms with van der Waals surface area (Å²) in [6.07, 6.45) is 0. The van der Waals surface area contributed by atoms with E-state index in [1.165, 1.54) is 0 Å². The Kier molecular flexibility index (Phi) is 6.06. The molecule has 5 nitrogen and oxygen atoms in total. The number of amides is 1. The van der Waals surface area contributed by atoms with Gasteiger partial charge in [-0.2, -0.15) is 0 Å². The van der Waals surface area contributed by atoms with Gasteiger partial charge in [-0.05, 0) is 25.1 Å². The molecule has 6 heteroatoms. The fourth-order valence-corrected chi connectivity index (χ4v) is 3.31. The molecule has 0 saturated heterocycles. The molecule has 0 fully saturated rings. The molecule has 1 aliphatic rings. The van der Waals surface area contributed by atoms with Crippen molar-refractivity contribution in [3.05, 3.63) is 48.0 Å². The lowest BCUT2D eigenvalue weighted by Crippen LogP contribution is -2.17. The molecule has 0 unspecified atom stereocenters. The number of hydrogen-bond acceptors (Lipinski definition) is 5. The van der Waals surface area contributed by atoms with Gasteiger partial charge in [0.05, 0.1) is 12.4 Å². The summed E-state index contributed by atoms with van der Waals surface area (Å²) in [5.74, 6) is 3.31. The highest BCUT2D eigenvalue weighted by atomic mass is 32.2. The average molecular weight is 359 g/mol. The number of benzene rings is 2. The van der Waals surface area contributed by atoms with Crippen LogP contribution in [0.1, 0.15) is 12.5 Å². The maximum absolute atomic E-state index is 12.1. The summed E-state index contributed by atoms with van der Waals surface area (Å²) in [6.45, 7) is 3.68. The lowest BCUT2D eigenvalue weighted by molar-refractivity contribution is -0.113. The molecule has 0 saturated carbocycles. The fourth-order valence-electron chi connectivity index (χ4n) is 2.49. The van der Waals surface area contributed by atoms with Crippen LogP contribution >= 0.6 is 11.8 Å². The Morgan fingerprint density at radius 3 is 2.80 bits per heavy atom. The summed E-state index contributed by atoms with van der Waals surface area (Å²) >= 11 is 1.55. The molecular weight excluding hydrogens is 338 g/mol. The van der Waals surface area contributed by atoms with Crippen molar-refractivity contribution >= 4 is 23.4 Å². The zero-order valence-corrected chi connectivity index (χ0v) is 14.9. The summed E-state index contributed by atoms with van der Waals surface area (Å²) in [5, 5.41) is 2.89. The predicted octanol–water partition coefficient (Wildman–Crippen LogP) is 3.73. The van der Waals surface area contributed by atoms with E-state index in [-0.39, 0.29) is 5.91 Å². The van der Waals surface area contributed by atoms with E-state index in [0.29, 0.717) is 42.8 Å². The van der Waals surface area contributed by atoms with E-state index in [0.717, 1.165) is 17.1 Å². The summed E-state index contributed by atoms with van der Waals surface area (Å²) in [4.78, 5) is 12.1. The minimum absolute atomic E-state index is 0.0458. The van der Waals surface area contributed by atoms with E-state index in [4.69, 9.17) is 14.2 Å². The molecule has 0 atom stereocenters. The van der Waals surface area contributed by atoms with Gasteiger partial charge in [-0.1, -0.05) is 18.2 Å². The van der Waals surface area contributed by atoms with Gasteiger partial charge < -0.3 is 19.5 Å². The molecule has 2 aromatic carbocycles. The number of nitrogens with one attached hydrogen (secondary N) is 1. The third kappa shape index (κ3) is 4.82. The van der Waals surface area contributed by atoms with Crippen molar-refractivity contribution < 1.29 is 19.0 Å². The highest BCUT2D eigenvalue weighted by Crippen LogP contribution is 2.32. The number of carbonyl (C=O) groups is 1. The van der Waals surface area contributed by atoms with E-state index in [2.05, 4.69) is 5.32 Å². The standard InChI is InChI=1S/C19H21NO4S/c1-2-22-16-6-4-3-5-14(16)12-25-13-19(21)20-15-7-8-17-18(11-15)24-10-9-23-17/h3-8,11H,2,9-10,12-13H2,1H3,(H,20,21). The van der Waals surface area contributed by atoms with Crippen molar-refractivity contribution in [1.29, 1.82) is 0 Å². The number of anilines is 1. The monoisotopic (exact) mass is 359 g/mol. The van der Waals surface area contributed by atoms with E-state index >= 15 is 0 Å². The van der Waals surface area contributed by atoms with Crippen molar-refractivity contribution in [2.75, 3.05) is 30.9 Å². The van der Waals surface area contributed by atoms with Crippen LogP contribution in [0.4, 0.5) is 5.69 Å². The number of ether oxygens (including phenoxy) is 3. The maximum atomic E-state index is 12.1. The Morgan fingerprint density at radius 1 is 1.16 bits per heavy atom. The number of hydrogen-bond donors (Lipinski definition) is 1. The number of carbonyl (C=O) groups excluding carboxylic acids is 1. The van der Waals surface area contributed by atoms with Crippen LogP contribution in [0.3, 0.4) is 0 Å². The summed E-state index contributed by atoms with van der Waals surface area (Å²) in [7, 11) is 0. The molecule has 1 aliphatic heterocycles.